The van der Waals surface area contributed by atoms with Crippen molar-refractivity contribution in [2.24, 2.45) is 0 Å². The molecule has 0 saturated heterocycles. The summed E-state index contributed by atoms with van der Waals surface area (Å²) in [6.07, 6.45) is -0.314. The molecular weight excluding hydrogens is 268 g/mol. The van der Waals surface area contributed by atoms with Gasteiger partial charge in [0.05, 0.1) is 6.61 Å². The maximum Gasteiger partial charge on any atom is 0.421 e. The summed E-state index contributed by atoms with van der Waals surface area (Å²) in [7, 11) is -3.83. The van der Waals surface area contributed by atoms with Crippen molar-refractivity contribution in [3.8, 4) is 0 Å². The molecule has 0 bridgehead atoms. The summed E-state index contributed by atoms with van der Waals surface area (Å²) < 4.78 is 30.8. The maximum absolute atomic E-state index is 11.2. The lowest BCUT2D eigenvalue weighted by Gasteiger charge is -2.07. The fourth-order valence-electron chi connectivity index (χ4n) is 0.823. The summed E-state index contributed by atoms with van der Waals surface area (Å²) in [5.41, 5.74) is 0. The monoisotopic (exact) mass is 286 g/mol. The van der Waals surface area contributed by atoms with Crippen molar-refractivity contribution in [1.82, 2.24) is 9.44 Å². The molecule has 17 heavy (non-hydrogen) atoms. The molecule has 0 unspecified atom stereocenters. The minimum atomic E-state index is -3.83. The SMILES string of the molecule is CCOC(=O)NS(=O)(=O)NCCSCCCO. The lowest BCUT2D eigenvalue weighted by Crippen LogP contribution is -2.41. The summed E-state index contributed by atoms with van der Waals surface area (Å²) in [4.78, 5) is 10.8. The fraction of sp³-hybridized carbons (Fsp3) is 0.875. The highest BCUT2D eigenvalue weighted by atomic mass is 32.2. The zero-order chi connectivity index (χ0) is 13.1. The van der Waals surface area contributed by atoms with Gasteiger partial charge in [-0.05, 0) is 19.1 Å². The van der Waals surface area contributed by atoms with E-state index in [9.17, 15) is 13.2 Å². The van der Waals surface area contributed by atoms with Crippen molar-refractivity contribution < 1.29 is 23.1 Å². The van der Waals surface area contributed by atoms with Crippen LogP contribution in [0.4, 0.5) is 4.79 Å². The van der Waals surface area contributed by atoms with Crippen LogP contribution in [0.1, 0.15) is 13.3 Å². The molecule has 0 radical (unpaired) electrons. The van der Waals surface area contributed by atoms with Crippen LogP contribution in [-0.4, -0.2) is 50.9 Å². The van der Waals surface area contributed by atoms with Crippen molar-refractivity contribution in [3.05, 3.63) is 0 Å². The van der Waals surface area contributed by atoms with Crippen LogP contribution in [0, 0.1) is 0 Å². The van der Waals surface area contributed by atoms with Gasteiger partial charge in [-0.3, -0.25) is 0 Å². The number of carbonyl (C=O) groups excluding carboxylic acids is 1. The third-order valence-corrected chi connectivity index (χ3v) is 3.57. The van der Waals surface area contributed by atoms with Gasteiger partial charge in [-0.2, -0.15) is 24.9 Å². The molecule has 0 rings (SSSR count). The second-order valence-electron chi connectivity index (χ2n) is 2.91. The van der Waals surface area contributed by atoms with E-state index in [1.807, 2.05) is 0 Å². The Morgan fingerprint density at radius 3 is 2.71 bits per heavy atom. The van der Waals surface area contributed by atoms with Gasteiger partial charge in [0.1, 0.15) is 0 Å². The van der Waals surface area contributed by atoms with Gasteiger partial charge in [0, 0.05) is 18.9 Å². The summed E-state index contributed by atoms with van der Waals surface area (Å²) >= 11 is 1.52. The van der Waals surface area contributed by atoms with Gasteiger partial charge >= 0.3 is 16.3 Å². The number of hydrogen-bond acceptors (Lipinski definition) is 6. The van der Waals surface area contributed by atoms with E-state index in [1.54, 1.807) is 11.6 Å². The first-order valence-electron chi connectivity index (χ1n) is 5.14. The van der Waals surface area contributed by atoms with Crippen LogP contribution in [0.3, 0.4) is 0 Å². The Balaban J connectivity index is 3.68. The average Bonchev–Trinajstić information content (AvgIpc) is 2.22. The molecule has 0 aromatic heterocycles. The van der Waals surface area contributed by atoms with Crippen LogP contribution in [0.2, 0.25) is 0 Å². The van der Waals surface area contributed by atoms with Crippen molar-refractivity contribution >= 4 is 28.1 Å². The van der Waals surface area contributed by atoms with E-state index in [1.165, 1.54) is 11.8 Å². The molecule has 3 N–H and O–H groups in total. The number of amides is 1. The van der Waals surface area contributed by atoms with Gasteiger partial charge < -0.3 is 9.84 Å². The molecule has 0 spiro atoms. The summed E-state index contributed by atoms with van der Waals surface area (Å²) in [5, 5.41) is 8.52. The highest BCUT2D eigenvalue weighted by Crippen LogP contribution is 2.00. The molecule has 0 heterocycles. The van der Waals surface area contributed by atoms with E-state index in [0.717, 1.165) is 5.75 Å². The highest BCUT2D eigenvalue weighted by molar-refractivity contribution is 7.99. The van der Waals surface area contributed by atoms with E-state index in [4.69, 9.17) is 5.11 Å². The number of carbonyl (C=O) groups is 1. The van der Waals surface area contributed by atoms with Gasteiger partial charge in [0.25, 0.3) is 0 Å². The number of aliphatic hydroxyl groups excluding tert-OH is 1. The Morgan fingerprint density at radius 2 is 2.12 bits per heavy atom. The molecular formula is C8H18N2O5S2. The molecule has 0 aliphatic carbocycles. The van der Waals surface area contributed by atoms with Crippen molar-refractivity contribution in [2.45, 2.75) is 13.3 Å². The van der Waals surface area contributed by atoms with Crippen molar-refractivity contribution in [3.63, 3.8) is 0 Å². The third kappa shape index (κ3) is 10.4. The van der Waals surface area contributed by atoms with Gasteiger partial charge in [0.2, 0.25) is 0 Å². The van der Waals surface area contributed by atoms with Gasteiger partial charge in [-0.15, -0.1) is 0 Å². The molecule has 9 heteroatoms. The average molecular weight is 286 g/mol. The third-order valence-electron chi connectivity index (χ3n) is 1.48. The quantitative estimate of drug-likeness (QED) is 0.502. The minimum absolute atomic E-state index is 0.109. The number of ether oxygens (including phenoxy) is 1. The molecule has 7 nitrogen and oxygen atoms in total. The van der Waals surface area contributed by atoms with E-state index in [2.05, 4.69) is 9.46 Å². The lowest BCUT2D eigenvalue weighted by molar-refractivity contribution is 0.158. The van der Waals surface area contributed by atoms with E-state index < -0.39 is 16.3 Å². The molecule has 0 aromatic rings. The molecule has 0 aromatic carbocycles. The predicted octanol–water partition coefficient (Wildman–Crippen LogP) is -0.317. The Labute approximate surface area is 105 Å². The molecule has 0 aliphatic rings. The molecule has 0 saturated carbocycles. The van der Waals surface area contributed by atoms with Crippen LogP contribution >= 0.6 is 11.8 Å². The van der Waals surface area contributed by atoms with Gasteiger partial charge in [-0.25, -0.2) is 9.52 Å². The van der Waals surface area contributed by atoms with E-state index in [0.29, 0.717) is 12.2 Å². The van der Waals surface area contributed by atoms with Crippen LogP contribution in [0.5, 0.6) is 0 Å². The minimum Gasteiger partial charge on any atom is -0.449 e. The molecule has 0 fully saturated rings. The second kappa shape index (κ2) is 9.51. The number of hydrogen-bond donors (Lipinski definition) is 3. The topological polar surface area (TPSA) is 105 Å². The van der Waals surface area contributed by atoms with E-state index >= 15 is 0 Å². The van der Waals surface area contributed by atoms with Crippen molar-refractivity contribution in [1.29, 1.82) is 0 Å². The number of thioether (sulfide) groups is 1. The summed E-state index contributed by atoms with van der Waals surface area (Å²) in [5.74, 6) is 1.34. The second-order valence-corrected chi connectivity index (χ2v) is 5.63. The largest absolute Gasteiger partial charge is 0.449 e. The summed E-state index contributed by atoms with van der Waals surface area (Å²) in [6, 6.07) is 0. The molecule has 102 valence electrons. The smallest absolute Gasteiger partial charge is 0.421 e. The van der Waals surface area contributed by atoms with Crippen molar-refractivity contribution in [2.75, 3.05) is 31.3 Å². The Kier molecular flexibility index (Phi) is 9.23. The lowest BCUT2D eigenvalue weighted by atomic mass is 10.5. The van der Waals surface area contributed by atoms with Crippen LogP contribution in [0.25, 0.3) is 0 Å². The molecule has 1 amide bonds. The normalized spacial score (nSPS) is 11.2. The molecule has 0 atom stereocenters. The first kappa shape index (κ1) is 16.5. The molecule has 0 aliphatic heterocycles. The maximum atomic E-state index is 11.2. The Hall–Kier alpha value is -0.510. The summed E-state index contributed by atoms with van der Waals surface area (Å²) in [6.45, 7) is 2.03. The first-order valence-corrected chi connectivity index (χ1v) is 7.78. The standard InChI is InChI=1S/C8H18N2O5S2/c1-2-15-8(12)10-17(13,14)9-4-7-16-6-3-5-11/h9,11H,2-7H2,1H3,(H,10,12). The number of rotatable bonds is 9. The number of aliphatic hydroxyl groups is 1. The highest BCUT2D eigenvalue weighted by Gasteiger charge is 2.13. The van der Waals surface area contributed by atoms with Crippen LogP contribution < -0.4 is 9.44 Å². The zero-order valence-electron chi connectivity index (χ0n) is 9.64. The Morgan fingerprint density at radius 1 is 1.41 bits per heavy atom. The van der Waals surface area contributed by atoms with Crippen LogP contribution in [0.15, 0.2) is 0 Å². The van der Waals surface area contributed by atoms with Crippen LogP contribution in [-0.2, 0) is 14.9 Å². The fourth-order valence-corrected chi connectivity index (χ4v) is 2.46. The predicted molar refractivity (Wildman–Crippen MR) is 66.1 cm³/mol. The first-order chi connectivity index (χ1) is 8.02. The number of nitrogens with one attached hydrogen (secondary N) is 2. The van der Waals surface area contributed by atoms with Gasteiger partial charge in [0.15, 0.2) is 0 Å². The Bertz CT molecular complexity index is 307. The zero-order valence-corrected chi connectivity index (χ0v) is 11.3. The van der Waals surface area contributed by atoms with Gasteiger partial charge in [-0.1, -0.05) is 0 Å². The van der Waals surface area contributed by atoms with E-state index in [-0.39, 0.29) is 19.8 Å².